The number of hydrogen-bond acceptors (Lipinski definition) is 3. The van der Waals surface area contributed by atoms with Crippen LogP contribution < -0.4 is 4.90 Å². The van der Waals surface area contributed by atoms with Gasteiger partial charge in [0.2, 0.25) is 0 Å². The Bertz CT molecular complexity index is 3860. The molecule has 0 amide bonds. The summed E-state index contributed by atoms with van der Waals surface area (Å²) in [7, 11) is 0. The van der Waals surface area contributed by atoms with E-state index in [2.05, 4.69) is 228 Å². The summed E-state index contributed by atoms with van der Waals surface area (Å²) in [6.45, 7) is 0. The first-order valence-electron chi connectivity index (χ1n) is 21.1. The van der Waals surface area contributed by atoms with Crippen LogP contribution in [0, 0.1) is 0 Å². The Hall–Kier alpha value is -7.92. The van der Waals surface area contributed by atoms with Crippen molar-refractivity contribution in [1.29, 1.82) is 0 Å². The Morgan fingerprint density at radius 1 is 0.419 bits per heavy atom. The molecule has 0 spiro atoms. The molecule has 0 radical (unpaired) electrons. The molecule has 10 aromatic carbocycles. The molecule has 4 heteroatoms. The first kappa shape index (κ1) is 34.9. The van der Waals surface area contributed by atoms with Crippen LogP contribution in [0.5, 0.6) is 0 Å². The highest BCUT2D eigenvalue weighted by molar-refractivity contribution is 7.26. The van der Waals surface area contributed by atoms with Crippen LogP contribution in [0.4, 0.5) is 17.1 Å². The van der Waals surface area contributed by atoms with E-state index in [1.807, 2.05) is 11.3 Å². The summed E-state index contributed by atoms with van der Waals surface area (Å²) in [4.78, 5) is 2.40. The number of rotatable bonds is 6. The summed E-state index contributed by atoms with van der Waals surface area (Å²) >= 11 is 1.84. The number of para-hydroxylation sites is 2. The standard InChI is InChI=1S/C58H36N2OS/c1-3-13-38(14-4-1)45-20-11-21-49-47-34-31-43(36-53(47)61-58(45)49)59(51-22-12-24-55-56(51)50-19-9-10-23-54(50)62-55)42-29-25-37(26-30-42)40-28-32-46-48-33-27-39-15-7-8-18-44(39)57(48)60(52(46)35-40)41-16-5-2-6-17-41/h1-36H. The highest BCUT2D eigenvalue weighted by Gasteiger charge is 2.21. The third-order valence-corrected chi connectivity index (χ3v) is 13.7. The van der Waals surface area contributed by atoms with Gasteiger partial charge in [0, 0.05) is 75.8 Å². The number of anilines is 3. The zero-order chi connectivity index (χ0) is 40.7. The maximum atomic E-state index is 6.82. The zero-order valence-corrected chi connectivity index (χ0v) is 34.3. The number of aromatic nitrogens is 1. The molecule has 0 saturated heterocycles. The third-order valence-electron chi connectivity index (χ3n) is 12.6. The summed E-state index contributed by atoms with van der Waals surface area (Å²) in [6.07, 6.45) is 0. The molecule has 0 aliphatic rings. The minimum Gasteiger partial charge on any atom is -0.455 e. The summed E-state index contributed by atoms with van der Waals surface area (Å²) in [5.74, 6) is 0. The van der Waals surface area contributed by atoms with Crippen molar-refractivity contribution in [2.75, 3.05) is 4.90 Å². The molecule has 3 nitrogen and oxygen atoms in total. The Labute approximate surface area is 361 Å². The maximum Gasteiger partial charge on any atom is 0.143 e. The van der Waals surface area contributed by atoms with Crippen molar-refractivity contribution in [3.63, 3.8) is 0 Å². The van der Waals surface area contributed by atoms with Crippen LogP contribution in [0.2, 0.25) is 0 Å². The van der Waals surface area contributed by atoms with Gasteiger partial charge in [-0.2, -0.15) is 0 Å². The first-order valence-corrected chi connectivity index (χ1v) is 21.9. The van der Waals surface area contributed by atoms with E-state index in [0.29, 0.717) is 0 Å². The second kappa shape index (κ2) is 13.8. The summed E-state index contributed by atoms with van der Waals surface area (Å²) in [6, 6.07) is 79.1. The molecule has 0 aliphatic heterocycles. The highest BCUT2D eigenvalue weighted by Crippen LogP contribution is 2.47. The van der Waals surface area contributed by atoms with Crippen LogP contribution in [-0.2, 0) is 0 Å². The molecule has 3 aromatic heterocycles. The van der Waals surface area contributed by atoms with Crippen LogP contribution in [-0.4, -0.2) is 4.57 Å². The Balaban J connectivity index is 0.984. The fourth-order valence-electron chi connectivity index (χ4n) is 9.75. The molecule has 290 valence electrons. The lowest BCUT2D eigenvalue weighted by Gasteiger charge is -2.26. The Morgan fingerprint density at radius 2 is 1.10 bits per heavy atom. The van der Waals surface area contributed by atoms with Gasteiger partial charge in [0.1, 0.15) is 11.2 Å². The quantitative estimate of drug-likeness (QED) is 0.167. The third kappa shape index (κ3) is 5.37. The number of furan rings is 1. The van der Waals surface area contributed by atoms with Gasteiger partial charge in [-0.3, -0.25) is 0 Å². The summed E-state index contributed by atoms with van der Waals surface area (Å²) in [5.41, 5.74) is 13.2. The van der Waals surface area contributed by atoms with Crippen molar-refractivity contribution in [3.05, 3.63) is 218 Å². The van der Waals surface area contributed by atoms with E-state index in [9.17, 15) is 0 Å². The Morgan fingerprint density at radius 3 is 1.97 bits per heavy atom. The molecule has 0 bridgehead atoms. The zero-order valence-electron chi connectivity index (χ0n) is 33.5. The number of hydrogen-bond donors (Lipinski definition) is 0. The molecule has 0 fully saturated rings. The lowest BCUT2D eigenvalue weighted by Crippen LogP contribution is -2.10. The molecular formula is C58H36N2OS. The van der Waals surface area contributed by atoms with Gasteiger partial charge >= 0.3 is 0 Å². The average Bonchev–Trinajstić information content (AvgIpc) is 4.02. The number of benzene rings is 10. The molecule has 0 atom stereocenters. The fourth-order valence-corrected chi connectivity index (χ4v) is 10.9. The van der Waals surface area contributed by atoms with Gasteiger partial charge in [0.15, 0.2) is 0 Å². The number of thiophene rings is 1. The monoisotopic (exact) mass is 808 g/mol. The van der Waals surface area contributed by atoms with Crippen molar-refractivity contribution in [1.82, 2.24) is 4.57 Å². The average molecular weight is 809 g/mol. The van der Waals surface area contributed by atoms with Gasteiger partial charge in [-0.1, -0.05) is 152 Å². The fraction of sp³-hybridized carbons (Fsp3) is 0. The SMILES string of the molecule is c1ccc(-c2cccc3c2oc2cc(N(c4ccc(-c5ccc6c7ccc8ccccc8c7n(-c7ccccc7)c6c5)cc4)c4cccc5sc6ccccc6c45)ccc23)cc1. The molecule has 13 aromatic rings. The molecule has 13 rings (SSSR count). The Kier molecular flexibility index (Phi) is 7.78. The second-order valence-corrected chi connectivity index (χ2v) is 17.1. The smallest absolute Gasteiger partial charge is 0.143 e. The predicted octanol–water partition coefficient (Wildman–Crippen LogP) is 17.0. The number of nitrogens with zero attached hydrogens (tertiary/aromatic N) is 2. The van der Waals surface area contributed by atoms with Gasteiger partial charge in [-0.25, -0.2) is 0 Å². The van der Waals surface area contributed by atoms with E-state index in [4.69, 9.17) is 4.42 Å². The molecular weight excluding hydrogens is 773 g/mol. The van der Waals surface area contributed by atoms with Gasteiger partial charge in [0.25, 0.3) is 0 Å². The highest BCUT2D eigenvalue weighted by atomic mass is 32.1. The van der Waals surface area contributed by atoms with Crippen molar-refractivity contribution in [3.8, 4) is 27.9 Å². The van der Waals surface area contributed by atoms with Crippen LogP contribution in [0.15, 0.2) is 223 Å². The van der Waals surface area contributed by atoms with Crippen molar-refractivity contribution in [2.45, 2.75) is 0 Å². The summed E-state index contributed by atoms with van der Waals surface area (Å²) < 4.78 is 11.8. The lowest BCUT2D eigenvalue weighted by atomic mass is 10.0. The minimum absolute atomic E-state index is 0.861. The summed E-state index contributed by atoms with van der Waals surface area (Å²) in [5, 5.41) is 9.72. The first-order chi connectivity index (χ1) is 30.7. The van der Waals surface area contributed by atoms with E-state index in [1.165, 1.54) is 58.3 Å². The largest absolute Gasteiger partial charge is 0.455 e. The van der Waals surface area contributed by atoms with E-state index in [1.54, 1.807) is 0 Å². The van der Waals surface area contributed by atoms with E-state index >= 15 is 0 Å². The maximum absolute atomic E-state index is 6.82. The molecule has 3 heterocycles. The molecule has 0 aliphatic carbocycles. The molecule has 0 N–H and O–H groups in total. The lowest BCUT2D eigenvalue weighted by molar-refractivity contribution is 0.670. The van der Waals surface area contributed by atoms with Gasteiger partial charge < -0.3 is 13.9 Å². The number of fused-ring (bicyclic) bond motifs is 11. The van der Waals surface area contributed by atoms with Gasteiger partial charge in [-0.15, -0.1) is 11.3 Å². The van der Waals surface area contributed by atoms with E-state index in [0.717, 1.165) is 61.4 Å². The molecule has 62 heavy (non-hydrogen) atoms. The molecule has 0 unspecified atom stereocenters. The van der Waals surface area contributed by atoms with E-state index < -0.39 is 0 Å². The van der Waals surface area contributed by atoms with Crippen LogP contribution in [0.3, 0.4) is 0 Å². The molecule has 0 saturated carbocycles. The second-order valence-electron chi connectivity index (χ2n) is 16.0. The topological polar surface area (TPSA) is 21.3 Å². The van der Waals surface area contributed by atoms with E-state index in [-0.39, 0.29) is 0 Å². The normalized spacial score (nSPS) is 11.9. The van der Waals surface area contributed by atoms with Crippen LogP contribution >= 0.6 is 11.3 Å². The van der Waals surface area contributed by atoms with Gasteiger partial charge in [-0.05, 0) is 82.7 Å². The minimum atomic E-state index is 0.861. The van der Waals surface area contributed by atoms with Gasteiger partial charge in [0.05, 0.1) is 16.7 Å². The van der Waals surface area contributed by atoms with Crippen molar-refractivity contribution in [2.24, 2.45) is 0 Å². The van der Waals surface area contributed by atoms with Crippen LogP contribution in [0.25, 0.3) is 103 Å². The van der Waals surface area contributed by atoms with Crippen LogP contribution in [0.1, 0.15) is 0 Å². The van der Waals surface area contributed by atoms with Crippen molar-refractivity contribution >= 4 is 103 Å². The van der Waals surface area contributed by atoms with Crippen molar-refractivity contribution < 1.29 is 4.42 Å². The predicted molar refractivity (Wildman–Crippen MR) is 264 cm³/mol.